The van der Waals surface area contributed by atoms with Crippen molar-refractivity contribution in [2.45, 2.75) is 38.1 Å². The lowest BCUT2D eigenvalue weighted by Gasteiger charge is -2.44. The molecule has 1 saturated carbocycles. The fourth-order valence-corrected chi connectivity index (χ4v) is 3.75. The van der Waals surface area contributed by atoms with E-state index in [4.69, 9.17) is 22.1 Å². The quantitative estimate of drug-likeness (QED) is 0.377. The van der Waals surface area contributed by atoms with Crippen LogP contribution in [0.4, 0.5) is 5.69 Å². The van der Waals surface area contributed by atoms with E-state index < -0.39 is 0 Å². The number of rotatable bonds is 5. The van der Waals surface area contributed by atoms with Crippen LogP contribution < -0.4 is 15.8 Å². The van der Waals surface area contributed by atoms with Crippen LogP contribution in [0.25, 0.3) is 0 Å². The van der Waals surface area contributed by atoms with Gasteiger partial charge in [0.15, 0.2) is 5.96 Å². The molecular formula is C18H30ClIN4O. The highest BCUT2D eigenvalue weighted by Gasteiger charge is 2.36. The summed E-state index contributed by atoms with van der Waals surface area (Å²) in [7, 11) is 5.87. The summed E-state index contributed by atoms with van der Waals surface area (Å²) in [4.78, 5) is 6.92. The monoisotopic (exact) mass is 480 g/mol. The average Bonchev–Trinajstić information content (AvgIpc) is 2.53. The zero-order chi connectivity index (χ0) is 17.7. The van der Waals surface area contributed by atoms with Gasteiger partial charge in [-0.3, -0.25) is 4.99 Å². The number of nitrogens with two attached hydrogens (primary N) is 1. The molecule has 0 spiro atoms. The summed E-state index contributed by atoms with van der Waals surface area (Å²) in [5, 5.41) is 3.65. The number of anilines is 1. The number of ether oxygens (including phenoxy) is 1. The molecule has 1 aromatic carbocycles. The topological polar surface area (TPSA) is 62.9 Å². The van der Waals surface area contributed by atoms with Crippen molar-refractivity contribution in [1.29, 1.82) is 0 Å². The molecule has 1 aliphatic carbocycles. The van der Waals surface area contributed by atoms with Crippen LogP contribution in [-0.2, 0) is 0 Å². The summed E-state index contributed by atoms with van der Waals surface area (Å²) in [5.74, 6) is 1.78. The molecule has 1 aromatic rings. The van der Waals surface area contributed by atoms with E-state index in [2.05, 4.69) is 36.2 Å². The van der Waals surface area contributed by atoms with Gasteiger partial charge in [0.2, 0.25) is 0 Å². The second-order valence-electron chi connectivity index (χ2n) is 7.00. The predicted octanol–water partition coefficient (Wildman–Crippen LogP) is 4.20. The maximum Gasteiger partial charge on any atom is 0.193 e. The summed E-state index contributed by atoms with van der Waals surface area (Å²) in [5.41, 5.74) is 6.99. The lowest BCUT2D eigenvalue weighted by molar-refractivity contribution is 0.0846. The molecule has 3 N–H and O–H groups in total. The van der Waals surface area contributed by atoms with Gasteiger partial charge < -0.3 is 20.7 Å². The fourth-order valence-electron chi connectivity index (χ4n) is 3.49. The molecule has 0 aromatic heterocycles. The molecule has 25 heavy (non-hydrogen) atoms. The Hall–Kier alpha value is -0.730. The van der Waals surface area contributed by atoms with Gasteiger partial charge >= 0.3 is 0 Å². The Labute approximate surface area is 173 Å². The lowest BCUT2D eigenvalue weighted by atomic mass is 9.75. The highest BCUT2D eigenvalue weighted by molar-refractivity contribution is 14.0. The molecule has 5 nitrogen and oxygen atoms in total. The van der Waals surface area contributed by atoms with E-state index in [1.807, 2.05) is 12.1 Å². The van der Waals surface area contributed by atoms with Gasteiger partial charge in [0.25, 0.3) is 0 Å². The first-order valence-electron chi connectivity index (χ1n) is 8.44. The number of nitrogens with one attached hydrogen (secondary N) is 1. The number of hydrogen-bond donors (Lipinski definition) is 2. The minimum Gasteiger partial charge on any atom is -0.495 e. The molecule has 142 valence electrons. The number of nitrogens with zero attached hydrogens (tertiary/aromatic N) is 2. The zero-order valence-electron chi connectivity index (χ0n) is 15.5. The Morgan fingerprint density at radius 3 is 2.76 bits per heavy atom. The van der Waals surface area contributed by atoms with E-state index in [-0.39, 0.29) is 29.5 Å². The van der Waals surface area contributed by atoms with Crippen molar-refractivity contribution in [3.8, 4) is 5.75 Å². The van der Waals surface area contributed by atoms with E-state index in [1.165, 1.54) is 12.8 Å². The number of methoxy groups -OCH3 is 1. The standard InChI is InChI=1S/C18H29ClN4O.HI/c1-13-6-5-9-18(11-13,23(2)3)12-21-17(20)22-14-7-8-16(24-4)15(19)10-14;/h7-8,10,13H,5-6,9,11-12H2,1-4H3,(H3,20,21,22);1H. The molecule has 1 aliphatic rings. The minimum atomic E-state index is 0. The van der Waals surface area contributed by atoms with Gasteiger partial charge in [-0.1, -0.05) is 31.4 Å². The zero-order valence-corrected chi connectivity index (χ0v) is 18.6. The molecule has 2 unspecified atom stereocenters. The fraction of sp³-hybridized carbons (Fsp3) is 0.611. The summed E-state index contributed by atoms with van der Waals surface area (Å²) < 4.78 is 5.15. The highest BCUT2D eigenvalue weighted by Crippen LogP contribution is 2.36. The van der Waals surface area contributed by atoms with Gasteiger partial charge in [0.1, 0.15) is 5.75 Å². The Kier molecular flexibility index (Phi) is 8.77. The molecule has 0 radical (unpaired) electrons. The summed E-state index contributed by atoms with van der Waals surface area (Å²) >= 11 is 6.14. The van der Waals surface area contributed by atoms with Crippen molar-refractivity contribution >= 4 is 47.2 Å². The number of guanidine groups is 1. The Morgan fingerprint density at radius 2 is 2.20 bits per heavy atom. The molecule has 2 rings (SSSR count). The molecule has 0 aliphatic heterocycles. The van der Waals surface area contributed by atoms with Gasteiger partial charge in [-0.25, -0.2) is 0 Å². The van der Waals surface area contributed by atoms with Crippen LogP contribution in [-0.4, -0.2) is 44.1 Å². The van der Waals surface area contributed by atoms with Crippen molar-refractivity contribution in [2.24, 2.45) is 16.6 Å². The number of likely N-dealkylation sites (N-methyl/N-ethyl adjacent to an activating group) is 1. The Morgan fingerprint density at radius 1 is 1.48 bits per heavy atom. The second kappa shape index (κ2) is 9.83. The van der Waals surface area contributed by atoms with E-state index in [0.29, 0.717) is 23.3 Å². The Balaban J connectivity index is 0.00000312. The third-order valence-corrected chi connectivity index (χ3v) is 5.28. The van der Waals surface area contributed by atoms with Crippen LogP contribution in [0.3, 0.4) is 0 Å². The van der Waals surface area contributed by atoms with Crippen LogP contribution in [0.15, 0.2) is 23.2 Å². The maximum absolute atomic E-state index is 6.14. The van der Waals surface area contributed by atoms with Gasteiger partial charge in [-0.05, 0) is 51.1 Å². The van der Waals surface area contributed by atoms with Gasteiger partial charge in [-0.2, -0.15) is 0 Å². The first-order chi connectivity index (χ1) is 11.4. The molecule has 7 heteroatoms. The Bertz CT molecular complexity index is 596. The van der Waals surface area contributed by atoms with Crippen molar-refractivity contribution in [3.63, 3.8) is 0 Å². The van der Waals surface area contributed by atoms with E-state index in [9.17, 15) is 0 Å². The van der Waals surface area contributed by atoms with Crippen molar-refractivity contribution < 1.29 is 4.74 Å². The predicted molar refractivity (Wildman–Crippen MR) is 118 cm³/mol. The number of hydrogen-bond acceptors (Lipinski definition) is 3. The minimum absolute atomic E-state index is 0. The average molecular weight is 481 g/mol. The molecule has 0 amide bonds. The SMILES string of the molecule is COc1ccc(NC(N)=NCC2(N(C)C)CCCC(C)C2)cc1Cl.I. The molecule has 2 atom stereocenters. The number of aliphatic imine (C=N–C) groups is 1. The normalized spacial score (nSPS) is 23.9. The summed E-state index contributed by atoms with van der Waals surface area (Å²) in [6.45, 7) is 3.02. The van der Waals surface area contributed by atoms with E-state index in [1.54, 1.807) is 13.2 Å². The van der Waals surface area contributed by atoms with Crippen molar-refractivity contribution in [2.75, 3.05) is 33.1 Å². The second-order valence-corrected chi connectivity index (χ2v) is 7.40. The van der Waals surface area contributed by atoms with Crippen LogP contribution in [0.2, 0.25) is 5.02 Å². The molecular weight excluding hydrogens is 451 g/mol. The lowest BCUT2D eigenvalue weighted by Crippen LogP contribution is -2.50. The van der Waals surface area contributed by atoms with Crippen molar-refractivity contribution in [3.05, 3.63) is 23.2 Å². The highest BCUT2D eigenvalue weighted by atomic mass is 127. The van der Waals surface area contributed by atoms with Crippen LogP contribution in [0, 0.1) is 5.92 Å². The van der Waals surface area contributed by atoms with Crippen LogP contribution in [0.1, 0.15) is 32.6 Å². The largest absolute Gasteiger partial charge is 0.495 e. The molecule has 1 fully saturated rings. The van der Waals surface area contributed by atoms with Gasteiger partial charge in [0.05, 0.1) is 18.7 Å². The molecule has 0 saturated heterocycles. The first kappa shape index (κ1) is 22.3. The number of benzene rings is 1. The van der Waals surface area contributed by atoms with Crippen LogP contribution in [0.5, 0.6) is 5.75 Å². The number of halogens is 2. The summed E-state index contributed by atoms with van der Waals surface area (Å²) in [6, 6.07) is 5.47. The van der Waals surface area contributed by atoms with Crippen molar-refractivity contribution in [1.82, 2.24) is 4.90 Å². The van der Waals surface area contributed by atoms with E-state index >= 15 is 0 Å². The first-order valence-corrected chi connectivity index (χ1v) is 8.82. The van der Waals surface area contributed by atoms with Gasteiger partial charge in [-0.15, -0.1) is 24.0 Å². The van der Waals surface area contributed by atoms with Gasteiger partial charge in [0, 0.05) is 11.2 Å². The summed E-state index contributed by atoms with van der Waals surface area (Å²) in [6.07, 6.45) is 4.87. The smallest absolute Gasteiger partial charge is 0.193 e. The molecule has 0 heterocycles. The maximum atomic E-state index is 6.14. The van der Waals surface area contributed by atoms with E-state index in [0.717, 1.165) is 24.4 Å². The third-order valence-electron chi connectivity index (χ3n) is 4.98. The van der Waals surface area contributed by atoms with Crippen LogP contribution >= 0.6 is 35.6 Å². The third kappa shape index (κ3) is 5.89. The molecule has 0 bridgehead atoms.